The van der Waals surface area contributed by atoms with Crippen LogP contribution in [0, 0.1) is 5.92 Å². The lowest BCUT2D eigenvalue weighted by Crippen LogP contribution is -2.41. The molecular formula is C28H31N3O7. The summed E-state index contributed by atoms with van der Waals surface area (Å²) in [5.41, 5.74) is 1.32. The number of esters is 1. The van der Waals surface area contributed by atoms with E-state index >= 15 is 0 Å². The summed E-state index contributed by atoms with van der Waals surface area (Å²) in [6, 6.07) is 11.1. The fourth-order valence-electron chi connectivity index (χ4n) is 4.72. The van der Waals surface area contributed by atoms with Crippen molar-refractivity contribution in [1.29, 1.82) is 0 Å². The zero-order valence-electron chi connectivity index (χ0n) is 21.5. The summed E-state index contributed by atoms with van der Waals surface area (Å²) in [6.07, 6.45) is 1.99. The van der Waals surface area contributed by atoms with Crippen LogP contribution in [0.15, 0.2) is 42.5 Å². The fraction of sp³-hybridized carbons (Fsp3) is 0.393. The molecule has 2 heterocycles. The van der Waals surface area contributed by atoms with E-state index in [1.165, 1.54) is 24.0 Å². The predicted octanol–water partition coefficient (Wildman–Crippen LogP) is 2.53. The fourth-order valence-corrected chi connectivity index (χ4v) is 4.72. The van der Waals surface area contributed by atoms with Gasteiger partial charge in [0.2, 0.25) is 0 Å². The van der Waals surface area contributed by atoms with Crippen LogP contribution in [0.2, 0.25) is 0 Å². The molecule has 2 aliphatic rings. The second kappa shape index (κ2) is 12.0. The molecule has 2 aromatic carbocycles. The van der Waals surface area contributed by atoms with Gasteiger partial charge in [-0.25, -0.2) is 0 Å². The number of hydrogen-bond donors (Lipinski definition) is 1. The Morgan fingerprint density at radius 1 is 0.974 bits per heavy atom. The lowest BCUT2D eigenvalue weighted by molar-refractivity contribution is -0.131. The molecule has 0 saturated carbocycles. The van der Waals surface area contributed by atoms with Gasteiger partial charge in [0.25, 0.3) is 23.6 Å². The first-order valence-corrected chi connectivity index (χ1v) is 12.6. The minimum Gasteiger partial charge on any atom is -0.427 e. The van der Waals surface area contributed by atoms with Gasteiger partial charge in [-0.15, -0.1) is 0 Å². The number of fused-ring (bicyclic) bond motifs is 1. The van der Waals surface area contributed by atoms with Gasteiger partial charge in [0.15, 0.2) is 0 Å². The van der Waals surface area contributed by atoms with Gasteiger partial charge in [-0.2, -0.15) is 0 Å². The average Bonchev–Trinajstić information content (AvgIpc) is 3.15. The van der Waals surface area contributed by atoms with E-state index in [1.807, 2.05) is 0 Å². The molecule has 10 heteroatoms. The number of piperidine rings is 1. The third kappa shape index (κ3) is 6.08. The van der Waals surface area contributed by atoms with Crippen LogP contribution in [-0.4, -0.2) is 79.3 Å². The summed E-state index contributed by atoms with van der Waals surface area (Å²) in [7, 11) is 1.56. The van der Waals surface area contributed by atoms with Gasteiger partial charge in [0.1, 0.15) is 5.75 Å². The van der Waals surface area contributed by atoms with Crippen molar-refractivity contribution in [2.75, 3.05) is 39.9 Å². The highest BCUT2D eigenvalue weighted by Crippen LogP contribution is 2.25. The maximum Gasteiger partial charge on any atom is 0.308 e. The molecular weight excluding hydrogens is 490 g/mol. The van der Waals surface area contributed by atoms with Gasteiger partial charge in [-0.3, -0.25) is 28.9 Å². The minimum atomic E-state index is -0.447. The molecule has 1 N–H and O–H groups in total. The smallest absolute Gasteiger partial charge is 0.308 e. The molecule has 0 atom stereocenters. The molecule has 0 aromatic heterocycles. The zero-order chi connectivity index (χ0) is 27.2. The topological polar surface area (TPSA) is 122 Å². The lowest BCUT2D eigenvalue weighted by Gasteiger charge is -2.32. The number of amides is 4. The van der Waals surface area contributed by atoms with Crippen LogP contribution in [-0.2, 0) is 9.53 Å². The number of hydrogen-bond acceptors (Lipinski definition) is 7. The molecule has 2 aromatic rings. The number of nitrogens with zero attached hydrogens (tertiary/aromatic N) is 2. The van der Waals surface area contributed by atoms with E-state index in [4.69, 9.17) is 9.47 Å². The molecule has 0 radical (unpaired) electrons. The molecule has 1 fully saturated rings. The number of nitrogens with one attached hydrogen (secondary N) is 1. The normalized spacial score (nSPS) is 15.4. The molecule has 200 valence electrons. The zero-order valence-corrected chi connectivity index (χ0v) is 21.5. The molecule has 4 amide bonds. The molecule has 0 bridgehead atoms. The maximum absolute atomic E-state index is 12.9. The summed E-state index contributed by atoms with van der Waals surface area (Å²) in [4.78, 5) is 65.1. The van der Waals surface area contributed by atoms with E-state index in [1.54, 1.807) is 42.3 Å². The van der Waals surface area contributed by atoms with Gasteiger partial charge in [-0.1, -0.05) is 6.07 Å². The minimum absolute atomic E-state index is 0.130. The first kappa shape index (κ1) is 27.0. The Morgan fingerprint density at radius 3 is 2.42 bits per heavy atom. The second-order valence-electron chi connectivity index (χ2n) is 9.44. The highest BCUT2D eigenvalue weighted by atomic mass is 16.5. The van der Waals surface area contributed by atoms with Gasteiger partial charge < -0.3 is 19.7 Å². The summed E-state index contributed by atoms with van der Waals surface area (Å²) >= 11 is 0. The number of carbonyl (C=O) groups is 5. The van der Waals surface area contributed by atoms with Gasteiger partial charge in [-0.05, 0) is 61.6 Å². The number of likely N-dealkylation sites (tertiary alicyclic amines) is 1. The Hall–Kier alpha value is -4.05. The van der Waals surface area contributed by atoms with E-state index in [0.29, 0.717) is 55.1 Å². The molecule has 1 saturated heterocycles. The lowest BCUT2D eigenvalue weighted by atomic mass is 9.96. The second-order valence-corrected chi connectivity index (χ2v) is 9.44. The van der Waals surface area contributed by atoms with Crippen LogP contribution >= 0.6 is 0 Å². The van der Waals surface area contributed by atoms with Crippen molar-refractivity contribution in [3.8, 4) is 5.75 Å². The van der Waals surface area contributed by atoms with E-state index in [2.05, 4.69) is 5.32 Å². The molecule has 2 aliphatic heterocycles. The third-order valence-electron chi connectivity index (χ3n) is 6.76. The number of imide groups is 1. The van der Waals surface area contributed by atoms with Crippen LogP contribution < -0.4 is 10.1 Å². The van der Waals surface area contributed by atoms with Crippen LogP contribution in [0.4, 0.5) is 0 Å². The number of ether oxygens (including phenoxy) is 2. The Labute approximate surface area is 220 Å². The Kier molecular flexibility index (Phi) is 8.52. The summed E-state index contributed by atoms with van der Waals surface area (Å²) in [5.74, 6) is -1.11. The monoisotopic (exact) mass is 521 g/mol. The number of rotatable bonds is 9. The van der Waals surface area contributed by atoms with Gasteiger partial charge >= 0.3 is 5.97 Å². The maximum atomic E-state index is 12.9. The van der Waals surface area contributed by atoms with Crippen molar-refractivity contribution in [3.05, 3.63) is 64.7 Å². The molecule has 10 nitrogen and oxygen atoms in total. The molecule has 0 spiro atoms. The first-order valence-electron chi connectivity index (χ1n) is 12.6. The van der Waals surface area contributed by atoms with Crippen LogP contribution in [0.5, 0.6) is 5.75 Å². The summed E-state index contributed by atoms with van der Waals surface area (Å²) < 4.78 is 10.1. The van der Waals surface area contributed by atoms with Crippen molar-refractivity contribution in [2.24, 2.45) is 5.92 Å². The van der Waals surface area contributed by atoms with Gasteiger partial charge in [0, 0.05) is 57.9 Å². The molecule has 38 heavy (non-hydrogen) atoms. The standard InChI is InChI=1S/C28H31N3O7/c1-18(32)38-22-6-3-5-21(15-22)26(34)30-12-9-19(10-13-30)17-29-25(33)20-7-8-23-24(16-20)28(36)31(27(23)35)11-4-14-37-2/h3,5-8,15-16,19H,4,9-14,17H2,1-2H3,(H,29,33). The van der Waals surface area contributed by atoms with E-state index in [0.717, 1.165) is 12.8 Å². The number of benzene rings is 2. The Balaban J connectivity index is 1.28. The van der Waals surface area contributed by atoms with E-state index in [-0.39, 0.29) is 35.7 Å². The van der Waals surface area contributed by atoms with Crippen LogP contribution in [0.25, 0.3) is 0 Å². The predicted molar refractivity (Wildman–Crippen MR) is 137 cm³/mol. The Bertz CT molecular complexity index is 1250. The highest BCUT2D eigenvalue weighted by Gasteiger charge is 2.35. The SMILES string of the molecule is COCCCN1C(=O)c2ccc(C(=O)NCC3CCN(C(=O)c4cccc(OC(C)=O)c4)CC3)cc2C1=O. The van der Waals surface area contributed by atoms with Crippen molar-refractivity contribution in [1.82, 2.24) is 15.1 Å². The Morgan fingerprint density at radius 2 is 1.71 bits per heavy atom. The van der Waals surface area contributed by atoms with Crippen molar-refractivity contribution in [3.63, 3.8) is 0 Å². The number of methoxy groups -OCH3 is 1. The van der Waals surface area contributed by atoms with Crippen molar-refractivity contribution in [2.45, 2.75) is 26.2 Å². The molecule has 0 aliphatic carbocycles. The summed E-state index contributed by atoms with van der Waals surface area (Å²) in [5, 5.41) is 2.92. The average molecular weight is 522 g/mol. The first-order chi connectivity index (χ1) is 18.3. The largest absolute Gasteiger partial charge is 0.427 e. The van der Waals surface area contributed by atoms with E-state index < -0.39 is 11.9 Å². The quantitative estimate of drug-likeness (QED) is 0.233. The molecule has 4 rings (SSSR count). The summed E-state index contributed by atoms with van der Waals surface area (Å²) in [6.45, 7) is 3.55. The van der Waals surface area contributed by atoms with Crippen LogP contribution in [0.3, 0.4) is 0 Å². The third-order valence-corrected chi connectivity index (χ3v) is 6.76. The van der Waals surface area contributed by atoms with E-state index in [9.17, 15) is 24.0 Å². The molecule has 0 unspecified atom stereocenters. The number of carbonyl (C=O) groups excluding carboxylic acids is 5. The van der Waals surface area contributed by atoms with Gasteiger partial charge in [0.05, 0.1) is 11.1 Å². The van der Waals surface area contributed by atoms with Crippen LogP contribution in [0.1, 0.15) is 67.6 Å². The van der Waals surface area contributed by atoms with Crippen molar-refractivity contribution >= 4 is 29.6 Å². The highest BCUT2D eigenvalue weighted by molar-refractivity contribution is 6.22. The van der Waals surface area contributed by atoms with Crippen molar-refractivity contribution < 1.29 is 33.4 Å².